The van der Waals surface area contributed by atoms with Crippen LogP contribution >= 0.6 is 23.7 Å². The highest BCUT2D eigenvalue weighted by Gasteiger charge is 2.30. The fourth-order valence-electron chi connectivity index (χ4n) is 2.15. The van der Waals surface area contributed by atoms with Gasteiger partial charge in [-0.3, -0.25) is 19.4 Å². The molecule has 0 heterocycles. The molecule has 0 saturated heterocycles. The van der Waals surface area contributed by atoms with Gasteiger partial charge in [0.05, 0.1) is 4.92 Å². The summed E-state index contributed by atoms with van der Waals surface area (Å²) in [6, 6.07) is 12.0. The van der Waals surface area contributed by atoms with Gasteiger partial charge in [0.25, 0.3) is 5.69 Å². The number of non-ortho nitro benzene ring substituents is 1. The molecule has 2 aromatic carbocycles. The van der Waals surface area contributed by atoms with Crippen LogP contribution in [0.2, 0.25) is 0 Å². The highest BCUT2D eigenvalue weighted by molar-refractivity contribution is 9.10. The molecule has 0 radical (unpaired) electrons. The average Bonchev–Trinajstić information content (AvgIpc) is 2.62. The number of nitro groups is 1. The third-order valence-corrected chi connectivity index (χ3v) is 4.97. The number of hydrogen-bond donors (Lipinski definition) is 2. The van der Waals surface area contributed by atoms with Crippen LogP contribution in [0.15, 0.2) is 53.0 Å². The summed E-state index contributed by atoms with van der Waals surface area (Å²) in [5.41, 5.74) is 6.11. The number of amides is 1. The van der Waals surface area contributed by atoms with E-state index in [1.54, 1.807) is 12.1 Å². The first-order chi connectivity index (χ1) is 12.7. The highest BCUT2D eigenvalue weighted by atomic mass is 79.9. The summed E-state index contributed by atoms with van der Waals surface area (Å²) < 4.78 is 23.7. The maximum Gasteiger partial charge on any atom is 0.456 e. The Balaban J connectivity index is 2.12. The Bertz CT molecular complexity index is 859. The molecule has 11 heteroatoms. The molecule has 2 atom stereocenters. The Morgan fingerprint density at radius 2 is 1.85 bits per heavy atom. The number of carbonyl (C=O) groups excluding carboxylic acids is 1. The molecule has 9 nitrogen and oxygen atoms in total. The van der Waals surface area contributed by atoms with Gasteiger partial charge in [-0.05, 0) is 29.8 Å². The predicted molar refractivity (Wildman–Crippen MR) is 102 cm³/mol. The van der Waals surface area contributed by atoms with Gasteiger partial charge < -0.3 is 9.84 Å². The lowest BCUT2D eigenvalue weighted by Crippen LogP contribution is -2.36. The predicted octanol–water partition coefficient (Wildman–Crippen LogP) is 3.18. The van der Waals surface area contributed by atoms with Gasteiger partial charge in [-0.25, -0.2) is 10.1 Å². The van der Waals surface area contributed by atoms with E-state index in [1.807, 2.05) is 0 Å². The highest BCUT2D eigenvalue weighted by Crippen LogP contribution is 2.42. The number of hydrogen-bond acceptors (Lipinski definition) is 6. The van der Waals surface area contributed by atoms with Crippen molar-refractivity contribution in [1.29, 1.82) is 0 Å². The van der Waals surface area contributed by atoms with E-state index in [2.05, 4.69) is 21.2 Å². The zero-order chi connectivity index (χ0) is 20.0. The number of nitrogens with two attached hydrogens (primary N) is 1. The van der Waals surface area contributed by atoms with Crippen LogP contribution in [0.3, 0.4) is 0 Å². The minimum Gasteiger partial charge on any atom is -0.413 e. The summed E-state index contributed by atoms with van der Waals surface area (Å²) >= 11 is 3.26. The standard InChI is InChI=1S/C16H17BrN3O6P/c1-19-16(21)15(10-11-2-6-13(7-3-11)20(22)23)26-27(18,24)25-14-8-4-12(17)5-9-14/h2-9,15H,10H2,1H3,(H2,18,24)(H,19,21)/t15-,27?/m0/s1. The van der Waals surface area contributed by atoms with Crippen molar-refractivity contribution in [1.82, 2.24) is 5.32 Å². The van der Waals surface area contributed by atoms with E-state index in [1.165, 1.54) is 43.4 Å². The molecule has 27 heavy (non-hydrogen) atoms. The van der Waals surface area contributed by atoms with E-state index < -0.39 is 24.7 Å². The van der Waals surface area contributed by atoms with E-state index >= 15 is 0 Å². The van der Waals surface area contributed by atoms with Crippen LogP contribution in [0, 0.1) is 10.1 Å². The van der Waals surface area contributed by atoms with Crippen molar-refractivity contribution >= 4 is 35.3 Å². The Labute approximate surface area is 163 Å². The number of likely N-dealkylation sites (N-methyl/N-ethyl adjacent to an activating group) is 1. The molecule has 0 aromatic heterocycles. The number of nitrogens with zero attached hydrogens (tertiary/aromatic N) is 1. The second-order valence-electron chi connectivity index (χ2n) is 5.42. The summed E-state index contributed by atoms with van der Waals surface area (Å²) in [5, 5.41) is 13.1. The van der Waals surface area contributed by atoms with E-state index in [0.29, 0.717) is 5.56 Å². The maximum atomic E-state index is 12.5. The second kappa shape index (κ2) is 9.09. The largest absolute Gasteiger partial charge is 0.456 e. The van der Waals surface area contributed by atoms with Gasteiger partial charge in [-0.1, -0.05) is 28.1 Å². The lowest BCUT2D eigenvalue weighted by atomic mass is 10.1. The van der Waals surface area contributed by atoms with Crippen molar-refractivity contribution < 1.29 is 23.3 Å². The molecule has 0 spiro atoms. The van der Waals surface area contributed by atoms with Crippen molar-refractivity contribution in [3.05, 3.63) is 68.7 Å². The van der Waals surface area contributed by atoms with Crippen LogP contribution in [0.25, 0.3) is 0 Å². The Morgan fingerprint density at radius 3 is 2.37 bits per heavy atom. The van der Waals surface area contributed by atoms with Gasteiger partial charge in [0, 0.05) is 30.1 Å². The molecule has 0 aliphatic carbocycles. The summed E-state index contributed by atoms with van der Waals surface area (Å²) in [6.45, 7) is 0. The first-order valence-corrected chi connectivity index (χ1v) is 10.1. The fourth-order valence-corrected chi connectivity index (χ4v) is 3.40. The number of halogens is 1. The Hall–Kier alpha value is -2.26. The molecule has 0 saturated carbocycles. The normalized spacial score (nSPS) is 14.0. The lowest BCUT2D eigenvalue weighted by Gasteiger charge is -2.21. The number of benzene rings is 2. The molecule has 0 aliphatic rings. The van der Waals surface area contributed by atoms with Crippen LogP contribution in [0.5, 0.6) is 5.75 Å². The summed E-state index contributed by atoms with van der Waals surface area (Å²) in [7, 11) is -2.70. The van der Waals surface area contributed by atoms with Crippen LogP contribution < -0.4 is 15.3 Å². The fraction of sp³-hybridized carbons (Fsp3) is 0.188. The van der Waals surface area contributed by atoms with Gasteiger partial charge in [-0.15, -0.1) is 0 Å². The summed E-state index contributed by atoms with van der Waals surface area (Å²) in [5.74, 6) is -0.339. The van der Waals surface area contributed by atoms with Gasteiger partial charge >= 0.3 is 7.75 Å². The van der Waals surface area contributed by atoms with E-state index in [0.717, 1.165) is 4.47 Å². The van der Waals surface area contributed by atoms with Crippen molar-refractivity contribution in [2.45, 2.75) is 12.5 Å². The molecular weight excluding hydrogens is 441 g/mol. The monoisotopic (exact) mass is 457 g/mol. The van der Waals surface area contributed by atoms with Gasteiger partial charge in [0.1, 0.15) is 5.75 Å². The van der Waals surface area contributed by atoms with E-state index in [9.17, 15) is 19.5 Å². The number of nitro benzene ring substituents is 1. The van der Waals surface area contributed by atoms with Gasteiger partial charge in [0.15, 0.2) is 6.10 Å². The van der Waals surface area contributed by atoms with E-state index in [-0.39, 0.29) is 17.9 Å². The van der Waals surface area contributed by atoms with Crippen molar-refractivity contribution in [3.8, 4) is 5.75 Å². The van der Waals surface area contributed by atoms with Crippen LogP contribution in [-0.2, 0) is 20.3 Å². The number of rotatable bonds is 8. The first kappa shape index (κ1) is 21.0. The molecular formula is C16H17BrN3O6P. The van der Waals surface area contributed by atoms with Crippen molar-refractivity contribution in [3.63, 3.8) is 0 Å². The molecule has 3 N–H and O–H groups in total. The quantitative estimate of drug-likeness (QED) is 0.353. The summed E-state index contributed by atoms with van der Waals surface area (Å²) in [4.78, 5) is 22.3. The Kier molecular flexibility index (Phi) is 7.09. The maximum absolute atomic E-state index is 12.5. The van der Waals surface area contributed by atoms with Gasteiger partial charge in [-0.2, -0.15) is 0 Å². The molecule has 0 fully saturated rings. The molecule has 1 amide bonds. The smallest absolute Gasteiger partial charge is 0.413 e. The second-order valence-corrected chi connectivity index (χ2v) is 7.81. The molecule has 0 bridgehead atoms. The third kappa shape index (κ3) is 6.44. The number of carbonyl (C=O) groups is 1. The van der Waals surface area contributed by atoms with E-state index in [4.69, 9.17) is 14.6 Å². The molecule has 2 aromatic rings. The van der Waals surface area contributed by atoms with Crippen molar-refractivity contribution in [2.75, 3.05) is 7.05 Å². The lowest BCUT2D eigenvalue weighted by molar-refractivity contribution is -0.384. The topological polar surface area (TPSA) is 134 Å². The van der Waals surface area contributed by atoms with Crippen molar-refractivity contribution in [2.24, 2.45) is 5.50 Å². The minimum atomic E-state index is -4.10. The minimum absolute atomic E-state index is 0.00254. The van der Waals surface area contributed by atoms with Crippen LogP contribution in [0.4, 0.5) is 5.69 Å². The average molecular weight is 458 g/mol. The zero-order valence-electron chi connectivity index (χ0n) is 14.2. The third-order valence-electron chi connectivity index (χ3n) is 3.43. The molecule has 0 aliphatic heterocycles. The Morgan fingerprint density at radius 1 is 1.26 bits per heavy atom. The summed E-state index contributed by atoms with van der Waals surface area (Å²) in [6.07, 6.45) is -1.20. The zero-order valence-corrected chi connectivity index (χ0v) is 16.7. The number of nitrogens with one attached hydrogen (secondary N) is 1. The van der Waals surface area contributed by atoms with Crippen LogP contribution in [0.1, 0.15) is 5.56 Å². The van der Waals surface area contributed by atoms with Crippen LogP contribution in [-0.4, -0.2) is 24.0 Å². The SMILES string of the molecule is CNC(=O)[C@H](Cc1ccc([N+](=O)[O-])cc1)OP(N)(=O)Oc1ccc(Br)cc1. The molecule has 1 unspecified atom stereocenters. The first-order valence-electron chi connectivity index (χ1n) is 7.67. The van der Waals surface area contributed by atoms with Gasteiger partial charge in [0.2, 0.25) is 5.91 Å². The molecule has 144 valence electrons. The molecule has 2 rings (SSSR count).